The van der Waals surface area contributed by atoms with Crippen molar-refractivity contribution in [3.8, 4) is 0 Å². The number of anilines is 2. The second kappa shape index (κ2) is 11.0. The van der Waals surface area contributed by atoms with E-state index >= 15 is 0 Å². The Morgan fingerprint density at radius 3 is 2.79 bits per heavy atom. The van der Waals surface area contributed by atoms with E-state index in [1.165, 1.54) is 16.8 Å². The topological polar surface area (TPSA) is 70.5 Å². The highest BCUT2D eigenvalue weighted by Crippen LogP contribution is 2.30. The maximum Gasteiger partial charge on any atom is 0.250 e. The van der Waals surface area contributed by atoms with E-state index in [0.717, 1.165) is 31.6 Å². The van der Waals surface area contributed by atoms with Crippen molar-refractivity contribution in [2.24, 2.45) is 0 Å². The molecule has 0 saturated carbocycles. The Bertz CT molecular complexity index is 1110. The van der Waals surface area contributed by atoms with Crippen LogP contribution in [0, 0.1) is 6.92 Å². The number of nitrogens with zero attached hydrogens (tertiary/aromatic N) is 4. The number of amides is 2. The van der Waals surface area contributed by atoms with E-state index in [9.17, 15) is 9.59 Å². The number of hydrogen-bond acceptors (Lipinski definition) is 4. The third-order valence-corrected chi connectivity index (χ3v) is 6.38. The fourth-order valence-corrected chi connectivity index (χ4v) is 4.56. The van der Waals surface area contributed by atoms with Crippen LogP contribution in [0.5, 0.6) is 0 Å². The summed E-state index contributed by atoms with van der Waals surface area (Å²) in [5.41, 5.74) is 4.54. The van der Waals surface area contributed by atoms with Crippen molar-refractivity contribution in [2.45, 2.75) is 39.2 Å². The summed E-state index contributed by atoms with van der Waals surface area (Å²) in [6.45, 7) is 7.20. The summed E-state index contributed by atoms with van der Waals surface area (Å²) in [5.74, 6) is -0.201. The smallest absolute Gasteiger partial charge is 0.250 e. The van der Waals surface area contributed by atoms with Gasteiger partial charge in [-0.1, -0.05) is 30.3 Å². The Balaban J connectivity index is 1.33. The number of nitrogens with one attached hydrogen (secondary N) is 1. The standard InChI is InChI=1S/C27H33N5O2/c1-3-30(23-10-6-8-21(2)18-23)15-7-13-29-26(33)19-25(31-17-14-28-20-31)27(34)32-16-12-22-9-4-5-11-24(22)32/h4-6,8-11,14,17-18,20,25H,3,7,12-13,15-16,19H2,1-2H3,(H,29,33)/t25-/m1/s1. The summed E-state index contributed by atoms with van der Waals surface area (Å²) >= 11 is 0. The third-order valence-electron chi connectivity index (χ3n) is 6.38. The molecular weight excluding hydrogens is 426 g/mol. The normalized spacial score (nSPS) is 13.4. The molecular formula is C27H33N5O2. The van der Waals surface area contributed by atoms with Crippen molar-refractivity contribution in [1.29, 1.82) is 0 Å². The monoisotopic (exact) mass is 459 g/mol. The van der Waals surface area contributed by atoms with Gasteiger partial charge < -0.3 is 19.7 Å². The average Bonchev–Trinajstić information content (AvgIpc) is 3.52. The van der Waals surface area contributed by atoms with Gasteiger partial charge in [0.25, 0.3) is 5.91 Å². The van der Waals surface area contributed by atoms with Crippen LogP contribution in [-0.2, 0) is 16.0 Å². The largest absolute Gasteiger partial charge is 0.372 e. The van der Waals surface area contributed by atoms with Crippen LogP contribution in [0.25, 0.3) is 0 Å². The minimum Gasteiger partial charge on any atom is -0.372 e. The van der Waals surface area contributed by atoms with E-state index in [-0.39, 0.29) is 18.2 Å². The molecule has 4 rings (SSSR count). The molecule has 178 valence electrons. The van der Waals surface area contributed by atoms with Crippen LogP contribution >= 0.6 is 0 Å². The predicted octanol–water partition coefficient (Wildman–Crippen LogP) is 3.74. The highest BCUT2D eigenvalue weighted by molar-refractivity contribution is 6.00. The molecule has 1 atom stereocenters. The van der Waals surface area contributed by atoms with Gasteiger partial charge in [0.05, 0.1) is 12.7 Å². The van der Waals surface area contributed by atoms with Gasteiger partial charge in [-0.3, -0.25) is 9.59 Å². The maximum atomic E-state index is 13.5. The van der Waals surface area contributed by atoms with E-state index in [1.807, 2.05) is 18.2 Å². The zero-order valence-electron chi connectivity index (χ0n) is 20.0. The molecule has 0 spiro atoms. The fourth-order valence-electron chi connectivity index (χ4n) is 4.56. The fraction of sp³-hybridized carbons (Fsp3) is 0.370. The van der Waals surface area contributed by atoms with Crippen LogP contribution in [0.4, 0.5) is 11.4 Å². The minimum absolute atomic E-state index is 0.0743. The molecule has 1 aromatic heterocycles. The second-order valence-electron chi connectivity index (χ2n) is 8.72. The van der Waals surface area contributed by atoms with E-state index < -0.39 is 6.04 Å². The van der Waals surface area contributed by atoms with Gasteiger partial charge in [-0.05, 0) is 56.0 Å². The van der Waals surface area contributed by atoms with Crippen LogP contribution in [0.3, 0.4) is 0 Å². The number of carbonyl (C=O) groups is 2. The van der Waals surface area contributed by atoms with Crippen LogP contribution in [0.2, 0.25) is 0 Å². The van der Waals surface area contributed by atoms with E-state index in [4.69, 9.17) is 0 Å². The predicted molar refractivity (Wildman–Crippen MR) is 135 cm³/mol. The van der Waals surface area contributed by atoms with Crippen LogP contribution < -0.4 is 15.1 Å². The first kappa shape index (κ1) is 23.5. The lowest BCUT2D eigenvalue weighted by Crippen LogP contribution is -2.39. The molecule has 0 saturated heterocycles. The minimum atomic E-state index is -0.618. The molecule has 0 aliphatic carbocycles. The van der Waals surface area contributed by atoms with Gasteiger partial charge in [0.2, 0.25) is 5.91 Å². The Morgan fingerprint density at radius 2 is 2.03 bits per heavy atom. The number of fused-ring (bicyclic) bond motifs is 1. The van der Waals surface area contributed by atoms with Crippen LogP contribution in [0.1, 0.15) is 36.9 Å². The van der Waals surface area contributed by atoms with E-state index in [2.05, 4.69) is 59.4 Å². The second-order valence-corrected chi connectivity index (χ2v) is 8.72. The summed E-state index contributed by atoms with van der Waals surface area (Å²) in [6, 6.07) is 15.8. The quantitative estimate of drug-likeness (QED) is 0.469. The molecule has 34 heavy (non-hydrogen) atoms. The first-order valence-corrected chi connectivity index (χ1v) is 12.0. The number of para-hydroxylation sites is 1. The van der Waals surface area contributed by atoms with Gasteiger partial charge in [-0.25, -0.2) is 4.98 Å². The molecule has 0 unspecified atom stereocenters. The Kier molecular flexibility index (Phi) is 7.62. The molecule has 2 amide bonds. The number of imidazole rings is 1. The van der Waals surface area contributed by atoms with Crippen molar-refractivity contribution in [1.82, 2.24) is 14.9 Å². The molecule has 3 aromatic rings. The molecule has 1 aliphatic rings. The number of aromatic nitrogens is 2. The van der Waals surface area contributed by atoms with Crippen LogP contribution in [-0.4, -0.2) is 47.5 Å². The summed E-state index contributed by atoms with van der Waals surface area (Å²) in [5, 5.41) is 3.01. The first-order chi connectivity index (χ1) is 16.6. The molecule has 7 heteroatoms. The van der Waals surface area contributed by atoms with Gasteiger partial charge in [-0.15, -0.1) is 0 Å². The zero-order valence-corrected chi connectivity index (χ0v) is 20.0. The van der Waals surface area contributed by atoms with Crippen molar-refractivity contribution in [3.63, 3.8) is 0 Å². The lowest BCUT2D eigenvalue weighted by Gasteiger charge is -2.25. The molecule has 2 aromatic carbocycles. The molecule has 0 radical (unpaired) electrons. The Labute approximate surface area is 201 Å². The van der Waals surface area contributed by atoms with Gasteiger partial charge in [-0.2, -0.15) is 0 Å². The number of aryl methyl sites for hydroxylation is 1. The highest BCUT2D eigenvalue weighted by atomic mass is 16.2. The number of benzene rings is 2. The van der Waals surface area contributed by atoms with Gasteiger partial charge >= 0.3 is 0 Å². The third kappa shape index (κ3) is 5.47. The van der Waals surface area contributed by atoms with Crippen molar-refractivity contribution in [2.75, 3.05) is 36.0 Å². The lowest BCUT2D eigenvalue weighted by atomic mass is 10.1. The molecule has 0 fully saturated rings. The molecule has 2 heterocycles. The van der Waals surface area contributed by atoms with Gasteiger partial charge in [0, 0.05) is 49.9 Å². The maximum absolute atomic E-state index is 13.5. The zero-order chi connectivity index (χ0) is 23.9. The summed E-state index contributed by atoms with van der Waals surface area (Å²) in [7, 11) is 0. The first-order valence-electron chi connectivity index (χ1n) is 12.0. The Hall–Kier alpha value is -3.61. The van der Waals surface area contributed by atoms with Crippen LogP contribution in [0.15, 0.2) is 67.3 Å². The molecule has 1 N–H and O–H groups in total. The SMILES string of the molecule is CCN(CCCNC(=O)C[C@H](C(=O)N1CCc2ccccc21)n1ccnc1)c1cccc(C)c1. The Morgan fingerprint density at radius 1 is 1.18 bits per heavy atom. The number of carbonyl (C=O) groups excluding carboxylic acids is 2. The van der Waals surface area contributed by atoms with Gasteiger partial charge in [0.15, 0.2) is 0 Å². The van der Waals surface area contributed by atoms with Crippen molar-refractivity contribution >= 4 is 23.2 Å². The summed E-state index contributed by atoms with van der Waals surface area (Å²) in [4.78, 5) is 34.5. The molecule has 7 nitrogen and oxygen atoms in total. The van der Waals surface area contributed by atoms with Gasteiger partial charge in [0.1, 0.15) is 6.04 Å². The summed E-state index contributed by atoms with van der Waals surface area (Å²) in [6.07, 6.45) is 6.75. The van der Waals surface area contributed by atoms with Crippen molar-refractivity contribution < 1.29 is 9.59 Å². The highest BCUT2D eigenvalue weighted by Gasteiger charge is 2.32. The van der Waals surface area contributed by atoms with E-state index in [0.29, 0.717) is 13.1 Å². The van der Waals surface area contributed by atoms with Crippen molar-refractivity contribution in [3.05, 3.63) is 78.4 Å². The number of hydrogen-bond donors (Lipinski definition) is 1. The average molecular weight is 460 g/mol. The molecule has 1 aliphatic heterocycles. The summed E-state index contributed by atoms with van der Waals surface area (Å²) < 4.78 is 1.74. The lowest BCUT2D eigenvalue weighted by molar-refractivity contribution is -0.128. The van der Waals surface area contributed by atoms with E-state index in [1.54, 1.807) is 28.2 Å². The molecule has 0 bridgehead atoms. The number of rotatable bonds is 10.